The van der Waals surface area contributed by atoms with Crippen molar-refractivity contribution >= 4 is 79.4 Å². The van der Waals surface area contributed by atoms with Crippen LogP contribution in [0.15, 0.2) is 53.0 Å². The summed E-state index contributed by atoms with van der Waals surface area (Å²) in [6, 6.07) is 13.1. The third kappa shape index (κ3) is 4.42. The van der Waals surface area contributed by atoms with Crippen LogP contribution in [0.2, 0.25) is 10.0 Å². The van der Waals surface area contributed by atoms with Crippen molar-refractivity contribution in [3.8, 4) is 11.3 Å². The number of benzene rings is 2. The predicted octanol–water partition coefficient (Wildman–Crippen LogP) is 6.06. The van der Waals surface area contributed by atoms with Gasteiger partial charge >= 0.3 is 0 Å². The number of aromatic nitrogens is 5. The molecule has 0 saturated carbocycles. The van der Waals surface area contributed by atoms with Gasteiger partial charge in [-0.1, -0.05) is 53.2 Å². The molecular weight excluding hydrogens is 487 g/mol. The van der Waals surface area contributed by atoms with E-state index < -0.39 is 0 Å². The van der Waals surface area contributed by atoms with Gasteiger partial charge in [-0.25, -0.2) is 9.97 Å². The Hall–Kier alpha value is -2.72. The number of amides is 1. The Morgan fingerprint density at radius 1 is 1.12 bits per heavy atom. The van der Waals surface area contributed by atoms with E-state index in [9.17, 15) is 4.79 Å². The van der Waals surface area contributed by atoms with E-state index >= 15 is 0 Å². The first-order valence-electron chi connectivity index (χ1n) is 9.51. The minimum absolute atomic E-state index is 0.139. The van der Waals surface area contributed by atoms with Crippen LogP contribution in [0.5, 0.6) is 0 Å². The number of thiazole rings is 1. The largest absolute Gasteiger partial charge is 0.338 e. The lowest BCUT2D eigenvalue weighted by Crippen LogP contribution is -2.12. The lowest BCUT2D eigenvalue weighted by molar-refractivity contribution is -0.115. The number of aromatic amines is 1. The fourth-order valence-electron chi connectivity index (χ4n) is 3.14. The summed E-state index contributed by atoms with van der Waals surface area (Å²) in [5.74, 6) is 0.376. The molecule has 7 nitrogen and oxygen atoms in total. The van der Waals surface area contributed by atoms with Gasteiger partial charge in [-0.3, -0.25) is 4.79 Å². The maximum Gasteiger partial charge on any atom is 0.226 e. The van der Waals surface area contributed by atoms with Crippen molar-refractivity contribution in [3.05, 3.63) is 57.9 Å². The second kappa shape index (κ2) is 9.03. The standard InChI is InChI=1S/C21H14Cl2N6OS2/c22-11-5-6-12(14(23)9-11)16-10-32-20(25-16)26-17(30)7-8-31-21-27-19-18(28-29-21)13-3-1-2-4-15(13)24-19/h1-6,9-10H,7-8H2,(H,24,27,29)(H,25,26,30). The van der Waals surface area contributed by atoms with E-state index in [-0.39, 0.29) is 12.3 Å². The number of halogens is 2. The number of H-pyrrole nitrogens is 1. The van der Waals surface area contributed by atoms with Crippen LogP contribution < -0.4 is 5.32 Å². The summed E-state index contributed by atoms with van der Waals surface area (Å²) in [4.78, 5) is 24.5. The molecule has 0 saturated heterocycles. The number of rotatable bonds is 6. The number of anilines is 1. The van der Waals surface area contributed by atoms with Gasteiger partial charge in [0.05, 0.1) is 10.7 Å². The molecule has 0 bridgehead atoms. The van der Waals surface area contributed by atoms with E-state index in [4.69, 9.17) is 23.2 Å². The van der Waals surface area contributed by atoms with E-state index in [1.807, 2.05) is 29.6 Å². The molecule has 32 heavy (non-hydrogen) atoms. The summed E-state index contributed by atoms with van der Waals surface area (Å²) in [6.07, 6.45) is 0.287. The van der Waals surface area contributed by atoms with Crippen LogP contribution in [0.1, 0.15) is 6.42 Å². The van der Waals surface area contributed by atoms with E-state index in [2.05, 4.69) is 30.5 Å². The number of nitrogens with zero attached hydrogens (tertiary/aromatic N) is 4. The molecule has 11 heteroatoms. The molecule has 3 aromatic heterocycles. The Morgan fingerprint density at radius 2 is 2.00 bits per heavy atom. The Labute approximate surface area is 200 Å². The fraction of sp³-hybridized carbons (Fsp3) is 0.0952. The molecule has 2 N–H and O–H groups in total. The second-order valence-electron chi connectivity index (χ2n) is 6.77. The normalized spacial score (nSPS) is 11.3. The van der Waals surface area contributed by atoms with E-state index in [1.165, 1.54) is 23.1 Å². The van der Waals surface area contributed by atoms with Gasteiger partial charge in [-0.2, -0.15) is 0 Å². The molecule has 5 aromatic rings. The zero-order valence-corrected chi connectivity index (χ0v) is 19.4. The third-order valence-corrected chi connectivity index (χ3v) is 6.77. The van der Waals surface area contributed by atoms with E-state index in [0.29, 0.717) is 37.4 Å². The number of fused-ring (bicyclic) bond motifs is 3. The van der Waals surface area contributed by atoms with Gasteiger partial charge in [0.15, 0.2) is 10.8 Å². The molecule has 0 aliphatic heterocycles. The van der Waals surface area contributed by atoms with Crippen molar-refractivity contribution in [2.24, 2.45) is 0 Å². The Balaban J connectivity index is 1.18. The third-order valence-electron chi connectivity index (χ3n) is 4.62. The number of hydrogen-bond acceptors (Lipinski definition) is 7. The maximum atomic E-state index is 12.3. The molecule has 0 fully saturated rings. The molecule has 5 rings (SSSR count). The molecular formula is C21H14Cl2N6OS2. The summed E-state index contributed by atoms with van der Waals surface area (Å²) < 4.78 is 0. The molecule has 0 spiro atoms. The first-order valence-corrected chi connectivity index (χ1v) is 12.1. The number of hydrogen-bond donors (Lipinski definition) is 2. The molecule has 3 heterocycles. The smallest absolute Gasteiger partial charge is 0.226 e. The van der Waals surface area contributed by atoms with Gasteiger partial charge in [-0.15, -0.1) is 21.5 Å². The monoisotopic (exact) mass is 500 g/mol. The highest BCUT2D eigenvalue weighted by Crippen LogP contribution is 2.32. The average molecular weight is 501 g/mol. The highest BCUT2D eigenvalue weighted by atomic mass is 35.5. The molecule has 0 aliphatic carbocycles. The van der Waals surface area contributed by atoms with Gasteiger partial charge in [-0.05, 0) is 24.3 Å². The lowest BCUT2D eigenvalue weighted by Gasteiger charge is -2.02. The Morgan fingerprint density at radius 3 is 2.88 bits per heavy atom. The number of nitrogens with one attached hydrogen (secondary N) is 2. The highest BCUT2D eigenvalue weighted by molar-refractivity contribution is 7.99. The highest BCUT2D eigenvalue weighted by Gasteiger charge is 2.12. The minimum atomic E-state index is -0.139. The van der Waals surface area contributed by atoms with Crippen LogP contribution in [-0.2, 0) is 4.79 Å². The molecule has 0 atom stereocenters. The van der Waals surface area contributed by atoms with Gasteiger partial charge in [0.1, 0.15) is 5.52 Å². The minimum Gasteiger partial charge on any atom is -0.338 e. The molecule has 2 aromatic carbocycles. The summed E-state index contributed by atoms with van der Waals surface area (Å²) in [6.45, 7) is 0. The molecule has 0 aliphatic rings. The zero-order valence-electron chi connectivity index (χ0n) is 16.3. The number of carbonyl (C=O) groups is 1. The summed E-state index contributed by atoms with van der Waals surface area (Å²) in [7, 11) is 0. The first-order chi connectivity index (χ1) is 15.6. The van der Waals surface area contributed by atoms with Gasteiger partial charge in [0.2, 0.25) is 11.1 Å². The topological polar surface area (TPSA) is 96.5 Å². The Kier molecular flexibility index (Phi) is 5.97. The number of para-hydroxylation sites is 1. The van der Waals surface area contributed by atoms with Crippen molar-refractivity contribution in [1.82, 2.24) is 25.1 Å². The summed E-state index contributed by atoms with van der Waals surface area (Å²) in [5, 5.41) is 16.2. The number of carbonyl (C=O) groups excluding carboxylic acids is 1. The van der Waals surface area contributed by atoms with Gasteiger partial charge in [0.25, 0.3) is 0 Å². The zero-order chi connectivity index (χ0) is 22.1. The first kappa shape index (κ1) is 21.1. The van der Waals surface area contributed by atoms with Gasteiger partial charge in [0, 0.05) is 39.0 Å². The molecule has 0 radical (unpaired) electrons. The van der Waals surface area contributed by atoms with Crippen LogP contribution in [0.3, 0.4) is 0 Å². The second-order valence-corrected chi connectivity index (χ2v) is 9.53. The van der Waals surface area contributed by atoms with Crippen molar-refractivity contribution < 1.29 is 4.79 Å². The van der Waals surface area contributed by atoms with E-state index in [0.717, 1.165) is 22.0 Å². The molecule has 1 amide bonds. The predicted molar refractivity (Wildman–Crippen MR) is 131 cm³/mol. The molecule has 160 valence electrons. The van der Waals surface area contributed by atoms with Crippen LogP contribution >= 0.6 is 46.3 Å². The average Bonchev–Trinajstić information content (AvgIpc) is 3.37. The molecule has 0 unspecified atom stereocenters. The van der Waals surface area contributed by atoms with Crippen molar-refractivity contribution in [2.45, 2.75) is 11.6 Å². The van der Waals surface area contributed by atoms with Crippen LogP contribution in [0, 0.1) is 0 Å². The number of thioether (sulfide) groups is 1. The van der Waals surface area contributed by atoms with Crippen LogP contribution in [0.4, 0.5) is 5.13 Å². The van der Waals surface area contributed by atoms with Gasteiger partial charge < -0.3 is 10.3 Å². The van der Waals surface area contributed by atoms with Crippen LogP contribution in [-0.4, -0.2) is 36.8 Å². The SMILES string of the molecule is O=C(CCSc1nnc2c(n1)[nH]c1ccccc12)Nc1nc(-c2ccc(Cl)cc2Cl)cs1. The fourth-order valence-corrected chi connectivity index (χ4v) is 5.09. The van der Waals surface area contributed by atoms with Crippen molar-refractivity contribution in [3.63, 3.8) is 0 Å². The summed E-state index contributed by atoms with van der Waals surface area (Å²) >= 11 is 14.9. The quantitative estimate of drug-likeness (QED) is 0.275. The maximum absolute atomic E-state index is 12.3. The Bertz CT molecular complexity index is 1450. The van der Waals surface area contributed by atoms with Crippen molar-refractivity contribution in [1.29, 1.82) is 0 Å². The summed E-state index contributed by atoms with van der Waals surface area (Å²) in [5.41, 5.74) is 3.84. The van der Waals surface area contributed by atoms with Crippen molar-refractivity contribution in [2.75, 3.05) is 11.1 Å². The van der Waals surface area contributed by atoms with Crippen LogP contribution in [0.25, 0.3) is 33.3 Å². The lowest BCUT2D eigenvalue weighted by atomic mass is 10.2. The van der Waals surface area contributed by atoms with E-state index in [1.54, 1.807) is 18.2 Å².